The predicted octanol–water partition coefficient (Wildman–Crippen LogP) is 3.77. The molecule has 6 nitrogen and oxygen atoms in total. The van der Waals surface area contributed by atoms with Crippen LogP contribution < -0.4 is 4.74 Å². The van der Waals surface area contributed by atoms with Crippen LogP contribution in [0.5, 0.6) is 5.88 Å². The number of amides is 1. The van der Waals surface area contributed by atoms with Crippen LogP contribution in [0.25, 0.3) is 11.3 Å². The van der Waals surface area contributed by atoms with E-state index in [-0.39, 0.29) is 5.91 Å². The van der Waals surface area contributed by atoms with Gasteiger partial charge in [-0.05, 0) is 43.2 Å². The topological polar surface area (TPSA) is 68.2 Å². The summed E-state index contributed by atoms with van der Waals surface area (Å²) in [5.41, 5.74) is 4.30. The molecule has 3 rings (SSSR count). The van der Waals surface area contributed by atoms with Crippen molar-refractivity contribution in [2.45, 2.75) is 26.8 Å². The molecule has 2 aromatic heterocycles. The smallest absolute Gasteiger partial charge is 0.253 e. The van der Waals surface area contributed by atoms with E-state index in [1.54, 1.807) is 30.1 Å². The first-order chi connectivity index (χ1) is 13.6. The summed E-state index contributed by atoms with van der Waals surface area (Å²) in [6, 6.07) is 15.0. The number of aromatic nitrogens is 3. The third-order valence-corrected chi connectivity index (χ3v) is 4.40. The summed E-state index contributed by atoms with van der Waals surface area (Å²) < 4.78 is 5.31. The molecular formula is C22H24N4O2. The fourth-order valence-corrected chi connectivity index (χ4v) is 2.78. The van der Waals surface area contributed by atoms with E-state index in [1.165, 1.54) is 5.56 Å². The highest BCUT2D eigenvalue weighted by Crippen LogP contribution is 2.19. The van der Waals surface area contributed by atoms with Gasteiger partial charge >= 0.3 is 0 Å². The number of ether oxygens (including phenoxy) is 1. The standard InChI is InChI=1S/C22H24N4O2/c1-4-16-6-11-19(23-14-16)15-26(3)22(27)18-9-7-17(8-10-18)20-12-13-21(25-24-20)28-5-2/h6-14H,4-5,15H2,1-3H3. The van der Waals surface area contributed by atoms with E-state index in [1.807, 2.05) is 43.5 Å². The molecule has 0 radical (unpaired) electrons. The molecule has 0 aliphatic heterocycles. The summed E-state index contributed by atoms with van der Waals surface area (Å²) in [4.78, 5) is 18.8. The van der Waals surface area contributed by atoms with Gasteiger partial charge < -0.3 is 9.64 Å². The van der Waals surface area contributed by atoms with Gasteiger partial charge in [0, 0.05) is 30.4 Å². The second-order valence-electron chi connectivity index (χ2n) is 6.44. The fourth-order valence-electron chi connectivity index (χ4n) is 2.78. The zero-order chi connectivity index (χ0) is 19.9. The number of rotatable bonds is 7. The Morgan fingerprint density at radius 1 is 1.00 bits per heavy atom. The van der Waals surface area contributed by atoms with Gasteiger partial charge in [-0.3, -0.25) is 9.78 Å². The molecule has 0 saturated carbocycles. The van der Waals surface area contributed by atoms with Crippen molar-refractivity contribution < 1.29 is 9.53 Å². The van der Waals surface area contributed by atoms with Crippen molar-refractivity contribution in [3.63, 3.8) is 0 Å². The Labute approximate surface area is 165 Å². The molecule has 0 unspecified atom stereocenters. The molecule has 0 aliphatic carbocycles. The third kappa shape index (κ3) is 4.71. The maximum absolute atomic E-state index is 12.7. The van der Waals surface area contributed by atoms with Crippen LogP contribution in [0.2, 0.25) is 0 Å². The molecule has 2 heterocycles. The minimum atomic E-state index is -0.0503. The number of hydrogen-bond donors (Lipinski definition) is 0. The molecule has 144 valence electrons. The van der Waals surface area contributed by atoms with Gasteiger partial charge in [0.05, 0.1) is 24.5 Å². The summed E-state index contributed by atoms with van der Waals surface area (Å²) >= 11 is 0. The van der Waals surface area contributed by atoms with E-state index in [9.17, 15) is 4.79 Å². The van der Waals surface area contributed by atoms with Gasteiger partial charge in [0.15, 0.2) is 0 Å². The van der Waals surface area contributed by atoms with Crippen LogP contribution in [0.15, 0.2) is 54.7 Å². The normalized spacial score (nSPS) is 10.5. The highest BCUT2D eigenvalue weighted by atomic mass is 16.5. The Bertz CT molecular complexity index is 907. The summed E-state index contributed by atoms with van der Waals surface area (Å²) in [5, 5.41) is 8.20. The van der Waals surface area contributed by atoms with Crippen LogP contribution >= 0.6 is 0 Å². The average Bonchev–Trinajstić information content (AvgIpc) is 2.74. The Morgan fingerprint density at radius 3 is 2.36 bits per heavy atom. The van der Waals surface area contributed by atoms with Gasteiger partial charge in [0.2, 0.25) is 5.88 Å². The molecule has 0 N–H and O–H groups in total. The highest BCUT2D eigenvalue weighted by molar-refractivity contribution is 5.94. The molecule has 0 spiro atoms. The van der Waals surface area contributed by atoms with Crippen molar-refractivity contribution in [1.82, 2.24) is 20.1 Å². The van der Waals surface area contributed by atoms with E-state index in [0.29, 0.717) is 24.6 Å². The highest BCUT2D eigenvalue weighted by Gasteiger charge is 2.13. The van der Waals surface area contributed by atoms with Gasteiger partial charge in [-0.15, -0.1) is 10.2 Å². The van der Waals surface area contributed by atoms with Crippen LogP contribution in [0.4, 0.5) is 0 Å². The molecule has 0 fully saturated rings. The first-order valence-electron chi connectivity index (χ1n) is 9.37. The van der Waals surface area contributed by atoms with E-state index < -0.39 is 0 Å². The maximum atomic E-state index is 12.7. The van der Waals surface area contributed by atoms with E-state index in [0.717, 1.165) is 23.4 Å². The van der Waals surface area contributed by atoms with Gasteiger partial charge in [-0.1, -0.05) is 25.1 Å². The lowest BCUT2D eigenvalue weighted by Gasteiger charge is -2.17. The average molecular weight is 376 g/mol. The number of benzene rings is 1. The van der Waals surface area contributed by atoms with E-state index >= 15 is 0 Å². The predicted molar refractivity (Wildman–Crippen MR) is 108 cm³/mol. The largest absolute Gasteiger partial charge is 0.477 e. The van der Waals surface area contributed by atoms with Crippen LogP contribution in [-0.4, -0.2) is 39.6 Å². The zero-order valence-corrected chi connectivity index (χ0v) is 16.4. The quantitative estimate of drug-likeness (QED) is 0.628. The van der Waals surface area contributed by atoms with Crippen LogP contribution in [0.1, 0.15) is 35.5 Å². The molecule has 0 atom stereocenters. The second kappa shape index (κ2) is 9.08. The van der Waals surface area contributed by atoms with Crippen molar-refractivity contribution in [3.8, 4) is 17.1 Å². The molecular weight excluding hydrogens is 352 g/mol. The van der Waals surface area contributed by atoms with Gasteiger partial charge in [-0.25, -0.2) is 0 Å². The molecule has 28 heavy (non-hydrogen) atoms. The molecule has 3 aromatic rings. The van der Waals surface area contributed by atoms with Gasteiger partial charge in [-0.2, -0.15) is 0 Å². The minimum Gasteiger partial charge on any atom is -0.477 e. The first kappa shape index (κ1) is 19.5. The second-order valence-corrected chi connectivity index (χ2v) is 6.44. The Morgan fingerprint density at radius 2 is 1.79 bits per heavy atom. The summed E-state index contributed by atoms with van der Waals surface area (Å²) in [6.07, 6.45) is 2.81. The lowest BCUT2D eigenvalue weighted by molar-refractivity contribution is 0.0783. The monoisotopic (exact) mass is 376 g/mol. The molecule has 6 heteroatoms. The maximum Gasteiger partial charge on any atom is 0.253 e. The lowest BCUT2D eigenvalue weighted by Crippen LogP contribution is -2.26. The molecule has 0 aliphatic rings. The Balaban J connectivity index is 1.66. The number of carbonyl (C=O) groups excluding carboxylic acids is 1. The summed E-state index contributed by atoms with van der Waals surface area (Å²) in [7, 11) is 1.78. The number of pyridine rings is 1. The number of carbonyl (C=O) groups is 1. The Kier molecular flexibility index (Phi) is 6.32. The fraction of sp³-hybridized carbons (Fsp3) is 0.273. The molecule has 1 amide bonds. The van der Waals surface area contributed by atoms with Crippen LogP contribution in [0.3, 0.4) is 0 Å². The minimum absolute atomic E-state index is 0.0503. The molecule has 0 bridgehead atoms. The number of nitrogens with zero attached hydrogens (tertiary/aromatic N) is 4. The van der Waals surface area contributed by atoms with Crippen molar-refractivity contribution in [3.05, 3.63) is 71.5 Å². The molecule has 1 aromatic carbocycles. The van der Waals surface area contributed by atoms with Crippen LogP contribution in [-0.2, 0) is 13.0 Å². The number of aryl methyl sites for hydroxylation is 1. The van der Waals surface area contributed by atoms with Crippen molar-refractivity contribution in [2.24, 2.45) is 0 Å². The van der Waals surface area contributed by atoms with Crippen molar-refractivity contribution >= 4 is 5.91 Å². The lowest BCUT2D eigenvalue weighted by atomic mass is 10.1. The van der Waals surface area contributed by atoms with E-state index in [4.69, 9.17) is 4.74 Å². The zero-order valence-electron chi connectivity index (χ0n) is 16.4. The van der Waals surface area contributed by atoms with Crippen molar-refractivity contribution in [1.29, 1.82) is 0 Å². The van der Waals surface area contributed by atoms with Crippen LogP contribution in [0, 0.1) is 0 Å². The summed E-state index contributed by atoms with van der Waals surface area (Å²) in [6.45, 7) is 5.01. The van der Waals surface area contributed by atoms with Gasteiger partial charge in [0.1, 0.15) is 0 Å². The van der Waals surface area contributed by atoms with E-state index in [2.05, 4.69) is 22.1 Å². The Hall–Kier alpha value is -3.28. The van der Waals surface area contributed by atoms with Gasteiger partial charge in [0.25, 0.3) is 5.91 Å². The third-order valence-electron chi connectivity index (χ3n) is 4.40. The SMILES string of the molecule is CCOc1ccc(-c2ccc(C(=O)N(C)Cc3ccc(CC)cn3)cc2)nn1. The van der Waals surface area contributed by atoms with Crippen molar-refractivity contribution in [2.75, 3.05) is 13.7 Å². The molecule has 0 saturated heterocycles. The first-order valence-corrected chi connectivity index (χ1v) is 9.37. The number of hydrogen-bond acceptors (Lipinski definition) is 5. The summed E-state index contributed by atoms with van der Waals surface area (Å²) in [5.74, 6) is 0.450.